The molecule has 0 N–H and O–H groups in total. The van der Waals surface area contributed by atoms with E-state index in [1.807, 2.05) is 42.2 Å². The second-order valence-corrected chi connectivity index (χ2v) is 14.2. The molecule has 2 aliphatic heterocycles. The summed E-state index contributed by atoms with van der Waals surface area (Å²) in [5, 5.41) is -1.05. The standard InChI is InChI=1S/C25H34FN3O4S2/c1-19-9-12-25(20-7-5-4-6-8-20)35(32,33)29(19)18-21-10-11-22(17-24(21)26)28-15-13-23(14-16-28)34(30,31)27(2)3/h4-8,10-11,17,19,23,25H,9,12-16,18H2,1-3H3/t19-,25?/m0/s1. The van der Waals surface area contributed by atoms with Gasteiger partial charge < -0.3 is 4.90 Å². The fourth-order valence-electron chi connectivity index (χ4n) is 5.09. The molecular formula is C25H34FN3O4S2. The third-order valence-corrected chi connectivity index (χ3v) is 12.0. The predicted octanol–water partition coefficient (Wildman–Crippen LogP) is 3.74. The van der Waals surface area contributed by atoms with Gasteiger partial charge in [0.1, 0.15) is 11.1 Å². The molecule has 2 saturated heterocycles. The minimum atomic E-state index is -3.64. The van der Waals surface area contributed by atoms with Crippen molar-refractivity contribution in [2.45, 2.75) is 55.7 Å². The lowest BCUT2D eigenvalue weighted by molar-refractivity contribution is 0.279. The van der Waals surface area contributed by atoms with Gasteiger partial charge in [0.05, 0.1) is 5.25 Å². The third kappa shape index (κ3) is 5.26. The molecule has 35 heavy (non-hydrogen) atoms. The molecule has 0 radical (unpaired) electrons. The number of halogens is 1. The molecule has 2 aromatic rings. The van der Waals surface area contributed by atoms with Crippen molar-refractivity contribution in [2.24, 2.45) is 0 Å². The zero-order valence-corrected chi connectivity index (χ0v) is 22.1. The van der Waals surface area contributed by atoms with Crippen molar-refractivity contribution in [2.75, 3.05) is 32.1 Å². The number of anilines is 1. The van der Waals surface area contributed by atoms with Crippen molar-refractivity contribution < 1.29 is 21.2 Å². The number of nitrogens with zero attached hydrogens (tertiary/aromatic N) is 3. The van der Waals surface area contributed by atoms with Gasteiger partial charge in [-0.3, -0.25) is 0 Å². The topological polar surface area (TPSA) is 78.0 Å². The molecule has 2 heterocycles. The fraction of sp³-hybridized carbons (Fsp3) is 0.520. The molecule has 0 aliphatic carbocycles. The van der Waals surface area contributed by atoms with Crippen LogP contribution in [0.1, 0.15) is 49.0 Å². The molecule has 0 bridgehead atoms. The van der Waals surface area contributed by atoms with Crippen LogP contribution in [-0.2, 0) is 26.6 Å². The first-order valence-corrected chi connectivity index (χ1v) is 15.0. The van der Waals surface area contributed by atoms with Crippen molar-refractivity contribution in [3.8, 4) is 0 Å². The summed E-state index contributed by atoms with van der Waals surface area (Å²) in [7, 11) is -3.87. The normalized spacial score (nSPS) is 24.1. The summed E-state index contributed by atoms with van der Waals surface area (Å²) in [6, 6.07) is 13.9. The third-order valence-electron chi connectivity index (χ3n) is 7.30. The molecule has 7 nitrogen and oxygen atoms in total. The average Bonchev–Trinajstić information content (AvgIpc) is 2.83. The van der Waals surface area contributed by atoms with E-state index in [9.17, 15) is 16.8 Å². The summed E-state index contributed by atoms with van der Waals surface area (Å²) in [5.74, 6) is -0.449. The highest BCUT2D eigenvalue weighted by atomic mass is 32.2. The van der Waals surface area contributed by atoms with Crippen LogP contribution in [0.3, 0.4) is 0 Å². The van der Waals surface area contributed by atoms with Gasteiger partial charge in [-0.2, -0.15) is 4.31 Å². The molecule has 2 aromatic carbocycles. The minimum absolute atomic E-state index is 0.0118. The van der Waals surface area contributed by atoms with Crippen molar-refractivity contribution >= 4 is 25.7 Å². The smallest absolute Gasteiger partial charge is 0.221 e. The minimum Gasteiger partial charge on any atom is -0.371 e. The van der Waals surface area contributed by atoms with Crippen LogP contribution >= 0.6 is 0 Å². The molecule has 4 rings (SSSR count). The lowest BCUT2D eigenvalue weighted by Crippen LogP contribution is -2.45. The van der Waals surface area contributed by atoms with Crippen LogP contribution in [0, 0.1) is 5.82 Å². The average molecular weight is 524 g/mol. The SMILES string of the molecule is C[C@H]1CCC(c2ccccc2)S(=O)(=O)N1Cc1ccc(N2CCC(S(=O)(=O)N(C)C)CC2)cc1F. The van der Waals surface area contributed by atoms with E-state index in [0.717, 1.165) is 5.56 Å². The second kappa shape index (κ2) is 10.2. The molecule has 2 atom stereocenters. The Morgan fingerprint density at radius 3 is 2.26 bits per heavy atom. The van der Waals surface area contributed by atoms with Gasteiger partial charge in [0.25, 0.3) is 0 Å². The maximum Gasteiger partial charge on any atom is 0.221 e. The zero-order valence-electron chi connectivity index (χ0n) is 20.5. The van der Waals surface area contributed by atoms with E-state index in [0.29, 0.717) is 50.0 Å². The molecule has 192 valence electrons. The molecule has 10 heteroatoms. The monoisotopic (exact) mass is 523 g/mol. The van der Waals surface area contributed by atoms with Crippen molar-refractivity contribution in [1.82, 2.24) is 8.61 Å². The van der Waals surface area contributed by atoms with E-state index in [-0.39, 0.29) is 12.6 Å². The van der Waals surface area contributed by atoms with Crippen LogP contribution < -0.4 is 4.90 Å². The van der Waals surface area contributed by atoms with E-state index in [1.165, 1.54) is 14.7 Å². The number of sulfonamides is 2. The van der Waals surface area contributed by atoms with Gasteiger partial charge in [0.15, 0.2) is 0 Å². The van der Waals surface area contributed by atoms with Gasteiger partial charge in [-0.25, -0.2) is 25.5 Å². The molecule has 2 fully saturated rings. The number of benzene rings is 2. The van der Waals surface area contributed by atoms with Crippen LogP contribution in [0.15, 0.2) is 48.5 Å². The first kappa shape index (κ1) is 26.1. The summed E-state index contributed by atoms with van der Waals surface area (Å²) >= 11 is 0. The highest BCUT2D eigenvalue weighted by Gasteiger charge is 2.40. The van der Waals surface area contributed by atoms with E-state index in [1.54, 1.807) is 26.2 Å². The number of hydrogen-bond acceptors (Lipinski definition) is 5. The van der Waals surface area contributed by atoms with Crippen molar-refractivity contribution in [1.29, 1.82) is 0 Å². The highest BCUT2D eigenvalue weighted by Crippen LogP contribution is 2.38. The van der Waals surface area contributed by atoms with Gasteiger partial charge in [0, 0.05) is 51.0 Å². The van der Waals surface area contributed by atoms with Crippen LogP contribution in [0.4, 0.5) is 10.1 Å². The second-order valence-electron chi connectivity index (χ2n) is 9.71. The van der Waals surface area contributed by atoms with Crippen LogP contribution in [0.2, 0.25) is 0 Å². The van der Waals surface area contributed by atoms with E-state index in [4.69, 9.17) is 0 Å². The molecule has 0 saturated carbocycles. The van der Waals surface area contributed by atoms with E-state index >= 15 is 4.39 Å². The lowest BCUT2D eigenvalue weighted by atomic mass is 10.0. The predicted molar refractivity (Wildman–Crippen MR) is 137 cm³/mol. The van der Waals surface area contributed by atoms with E-state index in [2.05, 4.69) is 0 Å². The molecule has 2 aliphatic rings. The van der Waals surface area contributed by atoms with Crippen LogP contribution in [0.25, 0.3) is 0 Å². The van der Waals surface area contributed by atoms with E-state index < -0.39 is 36.4 Å². The summed E-state index contributed by atoms with van der Waals surface area (Å²) in [6.45, 7) is 2.90. The summed E-state index contributed by atoms with van der Waals surface area (Å²) < 4.78 is 69.6. The van der Waals surface area contributed by atoms with Gasteiger partial charge in [-0.1, -0.05) is 36.4 Å². The number of rotatable bonds is 6. The Labute approximate surface area is 208 Å². The first-order valence-electron chi connectivity index (χ1n) is 12.0. The van der Waals surface area contributed by atoms with Gasteiger partial charge >= 0.3 is 0 Å². The first-order chi connectivity index (χ1) is 16.5. The Bertz CT molecular complexity index is 1240. The Morgan fingerprint density at radius 1 is 1.00 bits per heavy atom. The number of hydrogen-bond donors (Lipinski definition) is 0. The van der Waals surface area contributed by atoms with Crippen molar-refractivity contribution in [3.05, 3.63) is 65.5 Å². The summed E-state index contributed by atoms with van der Waals surface area (Å²) in [6.07, 6.45) is 2.22. The maximum atomic E-state index is 15.2. The van der Waals surface area contributed by atoms with Crippen LogP contribution in [-0.4, -0.2) is 63.9 Å². The van der Waals surface area contributed by atoms with Gasteiger partial charge in [0.2, 0.25) is 20.0 Å². The Hall–Kier alpha value is -2.01. The van der Waals surface area contributed by atoms with Crippen molar-refractivity contribution in [3.63, 3.8) is 0 Å². The quantitative estimate of drug-likeness (QED) is 0.577. The molecular weight excluding hydrogens is 489 g/mol. The molecule has 0 aromatic heterocycles. The summed E-state index contributed by atoms with van der Waals surface area (Å²) in [5.41, 5.74) is 1.78. The fourth-order valence-corrected chi connectivity index (χ4v) is 8.68. The van der Waals surface area contributed by atoms with Crippen LogP contribution in [0.5, 0.6) is 0 Å². The zero-order chi connectivity index (χ0) is 25.4. The Kier molecular flexibility index (Phi) is 7.57. The highest BCUT2D eigenvalue weighted by molar-refractivity contribution is 7.89. The largest absolute Gasteiger partial charge is 0.371 e. The summed E-state index contributed by atoms with van der Waals surface area (Å²) in [4.78, 5) is 1.99. The van der Waals surface area contributed by atoms with Gasteiger partial charge in [-0.05, 0) is 50.3 Å². The molecule has 0 spiro atoms. The maximum absolute atomic E-state index is 15.2. The Balaban J connectivity index is 1.48. The lowest BCUT2D eigenvalue weighted by Gasteiger charge is -2.37. The molecule has 1 unspecified atom stereocenters. The van der Waals surface area contributed by atoms with Gasteiger partial charge in [-0.15, -0.1) is 0 Å². The number of piperidine rings is 1. The molecule has 0 amide bonds. The Morgan fingerprint density at radius 2 is 1.66 bits per heavy atom.